The molecule has 1 aliphatic rings. The summed E-state index contributed by atoms with van der Waals surface area (Å²) in [6.45, 7) is 3.24. The van der Waals surface area contributed by atoms with Crippen molar-refractivity contribution in [3.63, 3.8) is 0 Å². The zero-order chi connectivity index (χ0) is 12.3. The fourth-order valence-electron chi connectivity index (χ4n) is 2.52. The third-order valence-corrected chi connectivity index (χ3v) is 4.52. The van der Waals surface area contributed by atoms with Crippen molar-refractivity contribution in [3.8, 4) is 0 Å². The molecule has 1 aliphatic carbocycles. The van der Waals surface area contributed by atoms with Crippen molar-refractivity contribution in [3.05, 3.63) is 16.0 Å². The van der Waals surface area contributed by atoms with Gasteiger partial charge in [-0.1, -0.05) is 19.8 Å². The van der Waals surface area contributed by atoms with E-state index in [9.17, 15) is 0 Å². The van der Waals surface area contributed by atoms with E-state index in [0.717, 1.165) is 16.8 Å². The maximum atomic E-state index is 5.80. The molecule has 2 rings (SSSR count). The first-order chi connectivity index (χ1) is 8.15. The van der Waals surface area contributed by atoms with Gasteiger partial charge in [-0.3, -0.25) is 0 Å². The highest BCUT2D eigenvalue weighted by molar-refractivity contribution is 9.10. The van der Waals surface area contributed by atoms with Crippen molar-refractivity contribution < 1.29 is 0 Å². The summed E-state index contributed by atoms with van der Waals surface area (Å²) in [7, 11) is 0. The number of nitrogens with one attached hydrogen (secondary N) is 1. The quantitative estimate of drug-likeness (QED) is 0.842. The summed E-state index contributed by atoms with van der Waals surface area (Å²) in [5.74, 6) is 0.796. The zero-order valence-corrected chi connectivity index (χ0v) is 12.3. The molecule has 1 saturated carbocycles. The van der Waals surface area contributed by atoms with Crippen LogP contribution in [0.25, 0.3) is 0 Å². The molecule has 0 atom stereocenters. The summed E-state index contributed by atoms with van der Waals surface area (Å²) in [6.07, 6.45) is 8.23. The van der Waals surface area contributed by atoms with Gasteiger partial charge in [0.1, 0.15) is 5.82 Å². The molecule has 0 aromatic carbocycles. The van der Waals surface area contributed by atoms with Gasteiger partial charge >= 0.3 is 0 Å². The molecular formula is C12H17BrClN3. The largest absolute Gasteiger partial charge is 0.368 e. The molecule has 0 aliphatic heterocycles. The molecule has 0 amide bonds. The summed E-state index contributed by atoms with van der Waals surface area (Å²) in [5, 5.41) is 3.69. The molecular weight excluding hydrogens is 302 g/mol. The van der Waals surface area contributed by atoms with Crippen molar-refractivity contribution in [1.82, 2.24) is 9.97 Å². The normalized spacial score (nSPS) is 18.3. The zero-order valence-electron chi connectivity index (χ0n) is 9.97. The van der Waals surface area contributed by atoms with Crippen molar-refractivity contribution in [2.45, 2.75) is 39.0 Å². The number of hydrogen-bond donors (Lipinski definition) is 1. The Morgan fingerprint density at radius 1 is 1.47 bits per heavy atom. The highest BCUT2D eigenvalue weighted by atomic mass is 79.9. The van der Waals surface area contributed by atoms with Gasteiger partial charge in [0.15, 0.2) is 0 Å². The fourth-order valence-corrected chi connectivity index (χ4v) is 2.99. The molecule has 0 unspecified atom stereocenters. The summed E-state index contributed by atoms with van der Waals surface area (Å²) >= 11 is 9.23. The van der Waals surface area contributed by atoms with Crippen LogP contribution in [-0.2, 0) is 0 Å². The van der Waals surface area contributed by atoms with Crippen LogP contribution in [0.15, 0.2) is 10.7 Å². The van der Waals surface area contributed by atoms with Gasteiger partial charge in [0.25, 0.3) is 0 Å². The van der Waals surface area contributed by atoms with E-state index in [1.807, 2.05) is 0 Å². The van der Waals surface area contributed by atoms with Gasteiger partial charge in [-0.2, -0.15) is 4.98 Å². The fraction of sp³-hybridized carbons (Fsp3) is 0.667. The summed E-state index contributed by atoms with van der Waals surface area (Å²) in [6, 6.07) is 0. The van der Waals surface area contributed by atoms with Gasteiger partial charge < -0.3 is 5.32 Å². The molecule has 1 aromatic rings. The molecule has 0 saturated heterocycles. The summed E-state index contributed by atoms with van der Waals surface area (Å²) in [4.78, 5) is 8.12. The summed E-state index contributed by atoms with van der Waals surface area (Å²) in [5.41, 5.74) is 0.441. The van der Waals surface area contributed by atoms with E-state index in [4.69, 9.17) is 11.6 Å². The molecule has 3 nitrogen and oxygen atoms in total. The number of halogens is 2. The van der Waals surface area contributed by atoms with E-state index < -0.39 is 0 Å². The lowest BCUT2D eigenvalue weighted by atomic mass is 9.83. The van der Waals surface area contributed by atoms with Gasteiger partial charge in [-0.15, -0.1) is 0 Å². The molecule has 1 aromatic heterocycles. The first-order valence-corrected chi connectivity index (χ1v) is 7.24. The minimum absolute atomic E-state index is 0.285. The lowest BCUT2D eigenvalue weighted by molar-refractivity contribution is 0.306. The SMILES string of the molecule is CCC1(CNc2nc(Cl)ncc2Br)CCCC1. The van der Waals surface area contributed by atoms with Gasteiger partial charge in [0, 0.05) is 12.7 Å². The minimum Gasteiger partial charge on any atom is -0.368 e. The predicted molar refractivity (Wildman–Crippen MR) is 74.4 cm³/mol. The highest BCUT2D eigenvalue weighted by Gasteiger charge is 2.31. The Balaban J connectivity index is 2.03. The Labute approximate surface area is 116 Å². The van der Waals surface area contributed by atoms with Gasteiger partial charge in [0.05, 0.1) is 4.47 Å². The number of nitrogens with zero attached hydrogens (tertiary/aromatic N) is 2. The third kappa shape index (κ3) is 3.10. The Morgan fingerprint density at radius 3 is 2.82 bits per heavy atom. The first-order valence-electron chi connectivity index (χ1n) is 6.07. The van der Waals surface area contributed by atoms with Crippen molar-refractivity contribution in [2.24, 2.45) is 5.41 Å². The van der Waals surface area contributed by atoms with E-state index in [1.54, 1.807) is 6.20 Å². The molecule has 17 heavy (non-hydrogen) atoms. The second-order valence-electron chi connectivity index (χ2n) is 4.75. The Morgan fingerprint density at radius 2 is 2.18 bits per heavy atom. The smallest absolute Gasteiger partial charge is 0.224 e. The molecule has 1 heterocycles. The number of rotatable bonds is 4. The highest BCUT2D eigenvalue weighted by Crippen LogP contribution is 2.41. The Kier molecular flexibility index (Phi) is 4.26. The van der Waals surface area contributed by atoms with Crippen LogP contribution in [0.4, 0.5) is 5.82 Å². The van der Waals surface area contributed by atoms with Crippen LogP contribution < -0.4 is 5.32 Å². The molecule has 0 bridgehead atoms. The Hall–Kier alpha value is -0.350. The maximum absolute atomic E-state index is 5.80. The van der Waals surface area contributed by atoms with Gasteiger partial charge in [0.2, 0.25) is 5.28 Å². The average molecular weight is 319 g/mol. The van der Waals surface area contributed by atoms with Gasteiger partial charge in [-0.05, 0) is 52.2 Å². The Bertz CT molecular complexity index is 391. The van der Waals surface area contributed by atoms with E-state index in [-0.39, 0.29) is 5.28 Å². The second-order valence-corrected chi connectivity index (χ2v) is 5.94. The van der Waals surface area contributed by atoms with E-state index in [2.05, 4.69) is 38.1 Å². The lowest BCUT2D eigenvalue weighted by Gasteiger charge is -2.28. The molecule has 1 N–H and O–H groups in total. The van der Waals surface area contributed by atoms with Crippen molar-refractivity contribution in [1.29, 1.82) is 0 Å². The van der Waals surface area contributed by atoms with Gasteiger partial charge in [-0.25, -0.2) is 4.98 Å². The minimum atomic E-state index is 0.285. The lowest BCUT2D eigenvalue weighted by Crippen LogP contribution is -2.26. The van der Waals surface area contributed by atoms with Crippen molar-refractivity contribution in [2.75, 3.05) is 11.9 Å². The maximum Gasteiger partial charge on any atom is 0.224 e. The van der Waals surface area contributed by atoms with E-state index in [0.29, 0.717) is 5.41 Å². The number of anilines is 1. The second kappa shape index (κ2) is 5.53. The van der Waals surface area contributed by atoms with E-state index >= 15 is 0 Å². The molecule has 5 heteroatoms. The molecule has 0 spiro atoms. The molecule has 94 valence electrons. The standard InChI is InChI=1S/C12H17BrClN3/c1-2-12(5-3-4-6-12)8-16-10-9(13)7-15-11(14)17-10/h7H,2-6,8H2,1H3,(H,15,16,17). The number of hydrogen-bond acceptors (Lipinski definition) is 3. The number of aromatic nitrogens is 2. The summed E-state index contributed by atoms with van der Waals surface area (Å²) < 4.78 is 0.867. The third-order valence-electron chi connectivity index (χ3n) is 3.76. The van der Waals surface area contributed by atoms with E-state index in [1.165, 1.54) is 32.1 Å². The van der Waals surface area contributed by atoms with Crippen LogP contribution >= 0.6 is 27.5 Å². The topological polar surface area (TPSA) is 37.8 Å². The van der Waals surface area contributed by atoms with Crippen LogP contribution in [0, 0.1) is 5.41 Å². The average Bonchev–Trinajstić information content (AvgIpc) is 2.80. The molecule has 0 radical (unpaired) electrons. The van der Waals surface area contributed by atoms with Crippen LogP contribution in [0.5, 0.6) is 0 Å². The molecule has 1 fully saturated rings. The van der Waals surface area contributed by atoms with Crippen LogP contribution in [-0.4, -0.2) is 16.5 Å². The first kappa shape index (κ1) is 13.1. The van der Waals surface area contributed by atoms with Crippen LogP contribution in [0.2, 0.25) is 5.28 Å². The predicted octanol–water partition coefficient (Wildman–Crippen LogP) is 4.27. The van der Waals surface area contributed by atoms with Crippen LogP contribution in [0.1, 0.15) is 39.0 Å². The monoisotopic (exact) mass is 317 g/mol. The van der Waals surface area contributed by atoms with Crippen LogP contribution in [0.3, 0.4) is 0 Å². The van der Waals surface area contributed by atoms with Crippen molar-refractivity contribution >= 4 is 33.3 Å².